The summed E-state index contributed by atoms with van der Waals surface area (Å²) in [7, 11) is 0. The first kappa shape index (κ1) is 17.6. The van der Waals surface area contributed by atoms with Crippen molar-refractivity contribution in [3.05, 3.63) is 0 Å². The predicted molar refractivity (Wildman–Crippen MR) is 69.7 cm³/mol. The number of amides is 2. The van der Waals surface area contributed by atoms with Crippen molar-refractivity contribution in [2.24, 2.45) is 16.7 Å². The number of rotatable bonds is 5. The maximum Gasteiger partial charge on any atom is 0.406 e. The molecule has 2 N–H and O–H groups in total. The lowest BCUT2D eigenvalue weighted by Crippen LogP contribution is -2.47. The first-order chi connectivity index (χ1) is 9.29. The average Bonchev–Trinajstić information content (AvgIpc) is 2.62. The lowest BCUT2D eigenvalue weighted by Gasteiger charge is -2.22. The second-order valence-electron chi connectivity index (χ2n) is 6.55. The van der Waals surface area contributed by atoms with Gasteiger partial charge in [0.15, 0.2) is 0 Å². The molecule has 0 aliphatic heterocycles. The van der Waals surface area contributed by atoms with E-state index in [-0.39, 0.29) is 28.2 Å². The van der Waals surface area contributed by atoms with Gasteiger partial charge in [-0.1, -0.05) is 27.7 Å². The highest BCUT2D eigenvalue weighted by molar-refractivity contribution is 5.80. The van der Waals surface area contributed by atoms with Gasteiger partial charge in [0.25, 0.3) is 0 Å². The molecule has 5 nitrogen and oxygen atoms in total. The number of alkyl halides is 3. The van der Waals surface area contributed by atoms with Crippen LogP contribution in [0.3, 0.4) is 0 Å². The molecule has 0 saturated heterocycles. The Morgan fingerprint density at radius 2 is 1.67 bits per heavy atom. The topological polar surface area (TPSA) is 69.6 Å². The van der Waals surface area contributed by atoms with Crippen molar-refractivity contribution >= 4 is 12.0 Å². The molecular weight excluding hydrogens is 289 g/mol. The molecule has 0 aromatic rings. The summed E-state index contributed by atoms with van der Waals surface area (Å²) < 4.78 is 37.1. The van der Waals surface area contributed by atoms with Crippen molar-refractivity contribution in [3.63, 3.8) is 0 Å². The monoisotopic (exact) mass is 310 g/mol. The Hall–Kier alpha value is -1.47. The fourth-order valence-corrected chi connectivity index (χ4v) is 2.72. The van der Waals surface area contributed by atoms with Crippen molar-refractivity contribution in [1.29, 1.82) is 0 Å². The van der Waals surface area contributed by atoms with Gasteiger partial charge >= 0.3 is 18.2 Å². The maximum absolute atomic E-state index is 12.4. The number of hydrogen-bond donors (Lipinski definition) is 2. The minimum atomic E-state index is -4.63. The Kier molecular flexibility index (Phi) is 4.51. The number of nitrogens with one attached hydrogen (secondary N) is 1. The summed E-state index contributed by atoms with van der Waals surface area (Å²) in [5.74, 6) is -1.34. The lowest BCUT2D eigenvalue weighted by atomic mass is 10.0. The molecule has 1 saturated carbocycles. The molecule has 21 heavy (non-hydrogen) atoms. The summed E-state index contributed by atoms with van der Waals surface area (Å²) in [4.78, 5) is 22.6. The van der Waals surface area contributed by atoms with Gasteiger partial charge in [-0.25, -0.2) is 4.79 Å². The fraction of sp³-hybridized carbons (Fsp3) is 0.846. The first-order valence-corrected chi connectivity index (χ1v) is 6.60. The molecule has 0 spiro atoms. The third kappa shape index (κ3) is 4.01. The minimum absolute atomic E-state index is 0.0120. The van der Waals surface area contributed by atoms with Gasteiger partial charge in [0.1, 0.15) is 13.1 Å². The first-order valence-electron chi connectivity index (χ1n) is 6.60. The summed E-state index contributed by atoms with van der Waals surface area (Å²) in [6, 6.07) is -1.01. The molecule has 0 unspecified atom stereocenters. The van der Waals surface area contributed by atoms with E-state index in [4.69, 9.17) is 5.11 Å². The van der Waals surface area contributed by atoms with Crippen LogP contribution in [0.5, 0.6) is 0 Å². The van der Waals surface area contributed by atoms with Crippen LogP contribution >= 0.6 is 0 Å². The molecule has 0 atom stereocenters. The smallest absolute Gasteiger partial charge is 0.406 e. The van der Waals surface area contributed by atoms with E-state index in [1.165, 1.54) is 0 Å². The van der Waals surface area contributed by atoms with Crippen molar-refractivity contribution in [3.8, 4) is 0 Å². The van der Waals surface area contributed by atoms with E-state index in [0.29, 0.717) is 0 Å². The third-order valence-corrected chi connectivity index (χ3v) is 4.76. The highest BCUT2D eigenvalue weighted by atomic mass is 19.4. The zero-order chi connectivity index (χ0) is 16.6. The standard InChI is InChI=1S/C13H21F3N2O3/c1-11(2)8(12(11,3)4)5-17-10(21)18(6-9(19)20)7-13(14,15)16/h8H,5-7H2,1-4H3,(H,17,21)(H,19,20). The average molecular weight is 310 g/mol. The van der Waals surface area contributed by atoms with Crippen molar-refractivity contribution in [1.82, 2.24) is 10.2 Å². The second-order valence-corrected chi connectivity index (χ2v) is 6.55. The number of carboxylic acid groups (broad SMARTS) is 1. The summed E-state index contributed by atoms with van der Waals surface area (Å²) in [6.45, 7) is 5.75. The Bertz CT molecular complexity index is 419. The lowest BCUT2D eigenvalue weighted by molar-refractivity contribution is -0.148. The van der Waals surface area contributed by atoms with Gasteiger partial charge in [-0.3, -0.25) is 4.79 Å². The van der Waals surface area contributed by atoms with Gasteiger partial charge in [0.2, 0.25) is 0 Å². The van der Waals surface area contributed by atoms with E-state index >= 15 is 0 Å². The van der Waals surface area contributed by atoms with E-state index in [2.05, 4.69) is 5.32 Å². The van der Waals surface area contributed by atoms with Crippen molar-refractivity contribution in [2.75, 3.05) is 19.6 Å². The summed E-state index contributed by atoms with van der Waals surface area (Å²) in [5.41, 5.74) is -0.0239. The number of carbonyl (C=O) groups excluding carboxylic acids is 1. The Balaban J connectivity index is 2.60. The van der Waals surface area contributed by atoms with Crippen molar-refractivity contribution < 1.29 is 27.9 Å². The number of carboxylic acids is 1. The van der Waals surface area contributed by atoms with Crippen LogP contribution < -0.4 is 5.32 Å². The molecule has 0 bridgehead atoms. The molecule has 1 aliphatic carbocycles. The quantitative estimate of drug-likeness (QED) is 0.819. The molecule has 8 heteroatoms. The number of urea groups is 1. The van der Waals surface area contributed by atoms with Crippen LogP contribution in [0.1, 0.15) is 27.7 Å². The largest absolute Gasteiger partial charge is 0.480 e. The Morgan fingerprint density at radius 3 is 2.00 bits per heavy atom. The highest BCUT2D eigenvalue weighted by Crippen LogP contribution is 2.67. The molecular formula is C13H21F3N2O3. The highest BCUT2D eigenvalue weighted by Gasteiger charge is 2.64. The zero-order valence-corrected chi connectivity index (χ0v) is 12.5. The molecule has 1 rings (SSSR count). The number of aliphatic carboxylic acids is 1. The molecule has 0 aromatic heterocycles. The summed E-state index contributed by atoms with van der Waals surface area (Å²) >= 11 is 0. The summed E-state index contributed by atoms with van der Waals surface area (Å²) in [5, 5.41) is 11.0. The van der Waals surface area contributed by atoms with Gasteiger partial charge in [0.05, 0.1) is 0 Å². The zero-order valence-electron chi connectivity index (χ0n) is 12.5. The molecule has 1 aliphatic rings. The van der Waals surface area contributed by atoms with E-state index < -0.39 is 31.3 Å². The van der Waals surface area contributed by atoms with E-state index in [1.807, 2.05) is 27.7 Å². The molecule has 0 radical (unpaired) electrons. The maximum atomic E-state index is 12.4. The van der Waals surface area contributed by atoms with Crippen LogP contribution in [0.2, 0.25) is 0 Å². The number of nitrogens with zero attached hydrogens (tertiary/aromatic N) is 1. The number of carbonyl (C=O) groups is 2. The van der Waals surface area contributed by atoms with Crippen molar-refractivity contribution in [2.45, 2.75) is 33.9 Å². The normalized spacial score (nSPS) is 20.0. The van der Waals surface area contributed by atoms with Gasteiger partial charge in [-0.15, -0.1) is 0 Å². The van der Waals surface area contributed by atoms with E-state index in [9.17, 15) is 22.8 Å². The molecule has 0 heterocycles. The van der Waals surface area contributed by atoms with E-state index in [1.54, 1.807) is 0 Å². The molecule has 2 amide bonds. The molecule has 122 valence electrons. The van der Waals surface area contributed by atoms with Crippen LogP contribution in [-0.4, -0.2) is 47.8 Å². The number of hydrogen-bond acceptors (Lipinski definition) is 2. The fourth-order valence-electron chi connectivity index (χ4n) is 2.72. The van der Waals surface area contributed by atoms with Crippen LogP contribution in [0.15, 0.2) is 0 Å². The van der Waals surface area contributed by atoms with Crippen LogP contribution in [0.25, 0.3) is 0 Å². The second kappa shape index (κ2) is 5.38. The SMILES string of the molecule is CC1(C)C(CNC(=O)N(CC(=O)O)CC(F)(F)F)C1(C)C. The number of halogens is 3. The van der Waals surface area contributed by atoms with Gasteiger partial charge in [-0.2, -0.15) is 13.2 Å². The van der Waals surface area contributed by atoms with Gasteiger partial charge in [-0.05, 0) is 16.7 Å². The Morgan fingerprint density at radius 1 is 1.19 bits per heavy atom. The summed E-state index contributed by atoms with van der Waals surface area (Å²) in [6.07, 6.45) is -4.63. The minimum Gasteiger partial charge on any atom is -0.480 e. The van der Waals surface area contributed by atoms with Crippen LogP contribution in [0, 0.1) is 16.7 Å². The van der Waals surface area contributed by atoms with Gasteiger partial charge < -0.3 is 15.3 Å². The van der Waals surface area contributed by atoms with Crippen LogP contribution in [0.4, 0.5) is 18.0 Å². The Labute approximate surface area is 121 Å². The molecule has 0 aromatic carbocycles. The van der Waals surface area contributed by atoms with Gasteiger partial charge in [0, 0.05) is 6.54 Å². The van der Waals surface area contributed by atoms with Crippen LogP contribution in [-0.2, 0) is 4.79 Å². The third-order valence-electron chi connectivity index (χ3n) is 4.76. The molecule has 1 fully saturated rings. The predicted octanol–water partition coefficient (Wildman–Crippen LogP) is 2.33. The van der Waals surface area contributed by atoms with E-state index in [0.717, 1.165) is 0 Å².